The molecular weight excluding hydrogens is 395 g/mol. The number of halogens is 1. The van der Waals surface area contributed by atoms with Crippen molar-refractivity contribution < 1.29 is 9.21 Å². The quantitative estimate of drug-likeness (QED) is 0.652. The van der Waals surface area contributed by atoms with E-state index < -0.39 is 0 Å². The molecule has 0 atom stereocenters. The molecule has 1 amide bonds. The largest absolute Gasteiger partial charge is 0.444 e. The van der Waals surface area contributed by atoms with Crippen molar-refractivity contribution in [3.05, 3.63) is 58.1 Å². The maximum absolute atomic E-state index is 12.2. The van der Waals surface area contributed by atoms with Crippen LogP contribution in [0.5, 0.6) is 0 Å². The first-order valence-corrected chi connectivity index (χ1v) is 7.44. The molecule has 0 aliphatic heterocycles. The Morgan fingerprint density at radius 3 is 2.86 bits per heavy atom. The molecule has 0 bridgehead atoms. The Hall–Kier alpha value is -2.42. The average Bonchev–Trinajstić information content (AvgIpc) is 2.98. The molecule has 0 aliphatic rings. The van der Waals surface area contributed by atoms with Gasteiger partial charge in [-0.3, -0.25) is 4.79 Å². The van der Waals surface area contributed by atoms with Gasteiger partial charge in [0.05, 0.1) is 5.56 Å². The molecule has 0 spiro atoms. The molecule has 0 radical (unpaired) electrons. The second kappa shape index (κ2) is 6.14. The fourth-order valence-electron chi connectivity index (χ4n) is 1.80. The van der Waals surface area contributed by atoms with Crippen molar-refractivity contribution in [2.75, 3.05) is 11.1 Å². The van der Waals surface area contributed by atoms with E-state index in [1.807, 2.05) is 24.3 Å². The van der Waals surface area contributed by atoms with Crippen molar-refractivity contribution in [1.29, 1.82) is 0 Å². The third-order valence-electron chi connectivity index (χ3n) is 2.85. The van der Waals surface area contributed by atoms with Gasteiger partial charge in [0.1, 0.15) is 12.1 Å². The van der Waals surface area contributed by atoms with Gasteiger partial charge < -0.3 is 15.5 Å². The van der Waals surface area contributed by atoms with Crippen molar-refractivity contribution in [2.45, 2.75) is 0 Å². The van der Waals surface area contributed by atoms with E-state index in [2.05, 4.69) is 37.9 Å². The smallest absolute Gasteiger partial charge is 0.277 e. The maximum atomic E-state index is 12.2. The summed E-state index contributed by atoms with van der Waals surface area (Å²) >= 11 is 2.18. The fraction of sp³-hybridized carbons (Fsp3) is 0. The van der Waals surface area contributed by atoms with Crippen LogP contribution in [-0.4, -0.2) is 15.9 Å². The van der Waals surface area contributed by atoms with Gasteiger partial charge in [0.15, 0.2) is 5.69 Å². The number of rotatable bonds is 3. The lowest BCUT2D eigenvalue weighted by Crippen LogP contribution is -2.12. The molecule has 3 aromatic rings. The highest BCUT2D eigenvalue weighted by molar-refractivity contribution is 14.1. The number of nitrogen functional groups attached to an aromatic ring is 1. The first-order chi connectivity index (χ1) is 10.6. The van der Waals surface area contributed by atoms with Crippen LogP contribution in [0.4, 0.5) is 11.5 Å². The van der Waals surface area contributed by atoms with Gasteiger partial charge in [-0.1, -0.05) is 6.07 Å². The molecule has 0 saturated heterocycles. The van der Waals surface area contributed by atoms with Crippen molar-refractivity contribution in [2.24, 2.45) is 0 Å². The Morgan fingerprint density at radius 2 is 2.14 bits per heavy atom. The predicted molar refractivity (Wildman–Crippen MR) is 91.3 cm³/mol. The van der Waals surface area contributed by atoms with Crippen molar-refractivity contribution >= 4 is 40.0 Å². The highest BCUT2D eigenvalue weighted by Gasteiger charge is 2.14. The van der Waals surface area contributed by atoms with Gasteiger partial charge in [-0.15, -0.1) is 0 Å². The minimum absolute atomic E-state index is 0.200. The number of hydrogen-bond donors (Lipinski definition) is 2. The first kappa shape index (κ1) is 14.5. The Labute approximate surface area is 139 Å². The van der Waals surface area contributed by atoms with Crippen LogP contribution in [0.3, 0.4) is 0 Å². The molecule has 1 aromatic carbocycles. The standard InChI is InChI=1S/C15H11IN4O2/c16-10-2-1-3-11(6-10)19-14(21)12-8-22-15(20-12)9-4-5-13(17)18-7-9/h1-8H,(H2,17,18)(H,19,21). The third kappa shape index (κ3) is 3.25. The van der Waals surface area contributed by atoms with Gasteiger partial charge in [-0.25, -0.2) is 9.97 Å². The molecule has 0 saturated carbocycles. The van der Waals surface area contributed by atoms with Gasteiger partial charge in [-0.05, 0) is 52.9 Å². The summed E-state index contributed by atoms with van der Waals surface area (Å²) in [7, 11) is 0. The fourth-order valence-corrected chi connectivity index (χ4v) is 2.35. The van der Waals surface area contributed by atoms with E-state index in [9.17, 15) is 4.79 Å². The molecule has 110 valence electrons. The number of nitrogens with one attached hydrogen (secondary N) is 1. The third-order valence-corrected chi connectivity index (χ3v) is 3.52. The molecular formula is C15H11IN4O2. The monoisotopic (exact) mass is 406 g/mol. The van der Waals surface area contributed by atoms with Gasteiger partial charge >= 0.3 is 0 Å². The van der Waals surface area contributed by atoms with Crippen LogP contribution >= 0.6 is 22.6 Å². The lowest BCUT2D eigenvalue weighted by atomic mass is 10.3. The van der Waals surface area contributed by atoms with Crippen molar-refractivity contribution in [1.82, 2.24) is 9.97 Å². The number of amides is 1. The van der Waals surface area contributed by atoms with E-state index in [0.29, 0.717) is 23.0 Å². The summed E-state index contributed by atoms with van der Waals surface area (Å²) < 4.78 is 6.35. The van der Waals surface area contributed by atoms with Crippen LogP contribution in [-0.2, 0) is 0 Å². The number of aromatic nitrogens is 2. The lowest BCUT2D eigenvalue weighted by Gasteiger charge is -2.02. The molecule has 0 aliphatic carbocycles. The van der Waals surface area contributed by atoms with Crippen molar-refractivity contribution in [3.63, 3.8) is 0 Å². The van der Waals surface area contributed by atoms with Gasteiger partial charge in [-0.2, -0.15) is 0 Å². The molecule has 0 unspecified atom stereocenters. The zero-order chi connectivity index (χ0) is 15.5. The summed E-state index contributed by atoms with van der Waals surface area (Å²) in [6.45, 7) is 0. The summed E-state index contributed by atoms with van der Waals surface area (Å²) in [5.41, 5.74) is 7.09. The lowest BCUT2D eigenvalue weighted by molar-refractivity contribution is 0.102. The second-order valence-electron chi connectivity index (χ2n) is 4.47. The zero-order valence-electron chi connectivity index (χ0n) is 11.3. The number of nitrogens with zero attached hydrogens (tertiary/aromatic N) is 2. The van der Waals surface area contributed by atoms with Crippen LogP contribution in [0.1, 0.15) is 10.5 Å². The summed E-state index contributed by atoms with van der Waals surface area (Å²) in [4.78, 5) is 20.3. The number of nitrogens with two attached hydrogens (primary N) is 1. The minimum Gasteiger partial charge on any atom is -0.444 e. The van der Waals surface area contributed by atoms with Crippen molar-refractivity contribution in [3.8, 4) is 11.5 Å². The summed E-state index contributed by atoms with van der Waals surface area (Å²) in [5, 5.41) is 2.77. The second-order valence-corrected chi connectivity index (χ2v) is 5.72. The van der Waals surface area contributed by atoms with Gasteiger partial charge in [0, 0.05) is 15.5 Å². The van der Waals surface area contributed by atoms with Crippen LogP contribution in [0.15, 0.2) is 53.3 Å². The molecule has 6 nitrogen and oxygen atoms in total. The van der Waals surface area contributed by atoms with Crippen LogP contribution in [0, 0.1) is 3.57 Å². The van der Waals surface area contributed by atoms with E-state index in [4.69, 9.17) is 10.2 Å². The Morgan fingerprint density at radius 1 is 1.27 bits per heavy atom. The number of hydrogen-bond acceptors (Lipinski definition) is 5. The molecule has 7 heteroatoms. The van der Waals surface area contributed by atoms with E-state index in [0.717, 1.165) is 3.57 Å². The Bertz CT molecular complexity index is 814. The Kier molecular flexibility index (Phi) is 4.05. The van der Waals surface area contributed by atoms with Crippen LogP contribution < -0.4 is 11.1 Å². The highest BCUT2D eigenvalue weighted by atomic mass is 127. The van der Waals surface area contributed by atoms with Gasteiger partial charge in [0.25, 0.3) is 5.91 Å². The van der Waals surface area contributed by atoms with Crippen LogP contribution in [0.25, 0.3) is 11.5 Å². The zero-order valence-corrected chi connectivity index (χ0v) is 13.4. The number of carbonyl (C=O) groups is 1. The molecule has 2 aromatic heterocycles. The number of carbonyl (C=O) groups excluding carboxylic acids is 1. The van der Waals surface area contributed by atoms with Crippen LogP contribution in [0.2, 0.25) is 0 Å². The number of oxazole rings is 1. The van der Waals surface area contributed by atoms with Gasteiger partial charge in [0.2, 0.25) is 5.89 Å². The number of benzene rings is 1. The Balaban J connectivity index is 1.78. The first-order valence-electron chi connectivity index (χ1n) is 6.36. The summed E-state index contributed by atoms with van der Waals surface area (Å²) in [5.74, 6) is 0.396. The molecule has 22 heavy (non-hydrogen) atoms. The predicted octanol–water partition coefficient (Wildman–Crippen LogP) is 3.18. The molecule has 2 heterocycles. The number of pyridine rings is 1. The topological polar surface area (TPSA) is 94.0 Å². The van der Waals surface area contributed by atoms with E-state index in [1.165, 1.54) is 6.26 Å². The van der Waals surface area contributed by atoms with E-state index >= 15 is 0 Å². The summed E-state index contributed by atoms with van der Waals surface area (Å²) in [6, 6.07) is 10.9. The van der Waals surface area contributed by atoms with E-state index in [1.54, 1.807) is 18.3 Å². The molecule has 3 rings (SSSR count). The average molecular weight is 406 g/mol. The molecule has 0 fully saturated rings. The normalized spacial score (nSPS) is 10.4. The number of anilines is 2. The highest BCUT2D eigenvalue weighted by Crippen LogP contribution is 2.19. The van der Waals surface area contributed by atoms with E-state index in [-0.39, 0.29) is 11.6 Å². The molecule has 3 N–H and O–H groups in total. The minimum atomic E-state index is -0.333. The SMILES string of the molecule is Nc1ccc(-c2nc(C(=O)Nc3cccc(I)c3)co2)cn1. The maximum Gasteiger partial charge on any atom is 0.277 e. The summed E-state index contributed by atoms with van der Waals surface area (Å²) in [6.07, 6.45) is 2.86.